The van der Waals surface area contributed by atoms with Crippen LogP contribution in [0.2, 0.25) is 0 Å². The average Bonchev–Trinajstić information content (AvgIpc) is 2.37. The van der Waals surface area contributed by atoms with Crippen LogP contribution in [0, 0.1) is 5.92 Å². The number of rotatable bonds is 6. The summed E-state index contributed by atoms with van der Waals surface area (Å²) >= 11 is 0. The second-order valence-electron chi connectivity index (χ2n) is 4.45. The SMILES string of the molecule is CCc1ccccc1CC(CC(C)=O)C(=O)OC. The predicted octanol–water partition coefficient (Wildman–Crippen LogP) is 2.56. The molecule has 0 radical (unpaired) electrons. The van der Waals surface area contributed by atoms with Crippen molar-refractivity contribution in [3.05, 3.63) is 35.4 Å². The summed E-state index contributed by atoms with van der Waals surface area (Å²) in [5.41, 5.74) is 2.34. The number of ketones is 1. The standard InChI is InChI=1S/C15H20O3/c1-4-12-7-5-6-8-13(12)10-14(9-11(2)16)15(17)18-3/h5-8,14H,4,9-10H2,1-3H3. The fourth-order valence-electron chi connectivity index (χ4n) is 2.12. The van der Waals surface area contributed by atoms with Crippen molar-refractivity contribution in [2.45, 2.75) is 33.1 Å². The third-order valence-electron chi connectivity index (χ3n) is 3.03. The quantitative estimate of drug-likeness (QED) is 0.727. The van der Waals surface area contributed by atoms with E-state index in [9.17, 15) is 9.59 Å². The van der Waals surface area contributed by atoms with Crippen molar-refractivity contribution < 1.29 is 14.3 Å². The molecule has 0 fully saturated rings. The Hall–Kier alpha value is -1.64. The Morgan fingerprint density at radius 2 is 1.83 bits per heavy atom. The Bertz CT molecular complexity index is 424. The van der Waals surface area contributed by atoms with Crippen molar-refractivity contribution >= 4 is 11.8 Å². The molecular weight excluding hydrogens is 228 g/mol. The number of carbonyl (C=O) groups is 2. The van der Waals surface area contributed by atoms with E-state index in [1.165, 1.54) is 19.6 Å². The van der Waals surface area contributed by atoms with Gasteiger partial charge in [-0.25, -0.2) is 0 Å². The first-order chi connectivity index (χ1) is 8.58. The van der Waals surface area contributed by atoms with E-state index in [0.29, 0.717) is 6.42 Å². The van der Waals surface area contributed by atoms with Gasteiger partial charge in [0.15, 0.2) is 0 Å². The normalized spacial score (nSPS) is 11.9. The smallest absolute Gasteiger partial charge is 0.309 e. The van der Waals surface area contributed by atoms with Gasteiger partial charge in [-0.1, -0.05) is 31.2 Å². The number of hydrogen-bond donors (Lipinski definition) is 0. The maximum absolute atomic E-state index is 11.7. The lowest BCUT2D eigenvalue weighted by molar-refractivity contribution is -0.147. The van der Waals surface area contributed by atoms with Crippen molar-refractivity contribution in [2.75, 3.05) is 7.11 Å². The number of benzene rings is 1. The summed E-state index contributed by atoms with van der Waals surface area (Å²) in [6.07, 6.45) is 1.73. The molecule has 0 heterocycles. The zero-order valence-corrected chi connectivity index (χ0v) is 11.2. The minimum atomic E-state index is -0.375. The molecule has 0 bridgehead atoms. The largest absolute Gasteiger partial charge is 0.469 e. The van der Waals surface area contributed by atoms with E-state index < -0.39 is 0 Å². The van der Waals surface area contributed by atoms with Crippen molar-refractivity contribution in [3.8, 4) is 0 Å². The molecule has 0 N–H and O–H groups in total. The monoisotopic (exact) mass is 248 g/mol. The minimum Gasteiger partial charge on any atom is -0.469 e. The van der Waals surface area contributed by atoms with E-state index in [-0.39, 0.29) is 24.1 Å². The first kappa shape index (κ1) is 14.4. The lowest BCUT2D eigenvalue weighted by atomic mass is 9.91. The zero-order chi connectivity index (χ0) is 13.5. The number of aryl methyl sites for hydroxylation is 1. The molecule has 3 heteroatoms. The molecular formula is C15H20O3. The Morgan fingerprint density at radius 3 is 2.33 bits per heavy atom. The Kier molecular flexibility index (Phi) is 5.56. The summed E-state index contributed by atoms with van der Waals surface area (Å²) in [5.74, 6) is -0.671. The molecule has 0 saturated heterocycles. The van der Waals surface area contributed by atoms with Gasteiger partial charge in [0.25, 0.3) is 0 Å². The molecule has 0 spiro atoms. The number of Topliss-reactive ketones (excluding diaryl/α,β-unsaturated/α-hetero) is 1. The van der Waals surface area contributed by atoms with Crippen molar-refractivity contribution in [3.63, 3.8) is 0 Å². The fraction of sp³-hybridized carbons (Fsp3) is 0.467. The molecule has 1 rings (SSSR count). The third-order valence-corrected chi connectivity index (χ3v) is 3.03. The Balaban J connectivity index is 2.88. The molecule has 1 unspecified atom stereocenters. The topological polar surface area (TPSA) is 43.4 Å². The van der Waals surface area contributed by atoms with Gasteiger partial charge in [-0.15, -0.1) is 0 Å². The van der Waals surface area contributed by atoms with Crippen LogP contribution in [0.15, 0.2) is 24.3 Å². The minimum absolute atomic E-state index is 0.0133. The van der Waals surface area contributed by atoms with Gasteiger partial charge in [-0.05, 0) is 30.9 Å². The van der Waals surface area contributed by atoms with Gasteiger partial charge in [-0.3, -0.25) is 4.79 Å². The molecule has 0 aliphatic heterocycles. The second kappa shape index (κ2) is 6.94. The van der Waals surface area contributed by atoms with Crippen LogP contribution < -0.4 is 0 Å². The van der Waals surface area contributed by atoms with E-state index in [1.807, 2.05) is 18.2 Å². The second-order valence-corrected chi connectivity index (χ2v) is 4.45. The molecule has 98 valence electrons. The molecule has 1 aromatic carbocycles. The van der Waals surface area contributed by atoms with Crippen molar-refractivity contribution in [1.29, 1.82) is 0 Å². The van der Waals surface area contributed by atoms with Crippen LogP contribution in [-0.2, 0) is 27.2 Å². The molecule has 1 aromatic rings. The highest BCUT2D eigenvalue weighted by atomic mass is 16.5. The van der Waals surface area contributed by atoms with E-state index >= 15 is 0 Å². The number of esters is 1. The highest BCUT2D eigenvalue weighted by Crippen LogP contribution is 2.18. The van der Waals surface area contributed by atoms with Crippen LogP contribution in [0.25, 0.3) is 0 Å². The van der Waals surface area contributed by atoms with E-state index in [0.717, 1.165) is 12.0 Å². The summed E-state index contributed by atoms with van der Waals surface area (Å²) in [5, 5.41) is 0. The summed E-state index contributed by atoms with van der Waals surface area (Å²) in [6.45, 7) is 3.58. The van der Waals surface area contributed by atoms with Gasteiger partial charge in [-0.2, -0.15) is 0 Å². The van der Waals surface area contributed by atoms with Gasteiger partial charge in [0.05, 0.1) is 13.0 Å². The molecule has 0 saturated carbocycles. The van der Waals surface area contributed by atoms with Crippen LogP contribution in [-0.4, -0.2) is 18.9 Å². The van der Waals surface area contributed by atoms with Crippen LogP contribution in [0.5, 0.6) is 0 Å². The first-order valence-corrected chi connectivity index (χ1v) is 6.22. The zero-order valence-electron chi connectivity index (χ0n) is 11.2. The fourth-order valence-corrected chi connectivity index (χ4v) is 2.12. The van der Waals surface area contributed by atoms with E-state index in [1.54, 1.807) is 0 Å². The Morgan fingerprint density at radius 1 is 1.22 bits per heavy atom. The van der Waals surface area contributed by atoms with Crippen molar-refractivity contribution in [2.24, 2.45) is 5.92 Å². The molecule has 0 amide bonds. The predicted molar refractivity (Wildman–Crippen MR) is 70.3 cm³/mol. The maximum Gasteiger partial charge on any atom is 0.309 e. The summed E-state index contributed by atoms with van der Waals surface area (Å²) in [4.78, 5) is 22.9. The maximum atomic E-state index is 11.7. The van der Waals surface area contributed by atoms with Crippen LogP contribution >= 0.6 is 0 Å². The lowest BCUT2D eigenvalue weighted by Crippen LogP contribution is -2.21. The van der Waals surface area contributed by atoms with Gasteiger partial charge in [0.2, 0.25) is 0 Å². The molecule has 0 aliphatic rings. The average molecular weight is 248 g/mol. The highest BCUT2D eigenvalue weighted by Gasteiger charge is 2.22. The van der Waals surface area contributed by atoms with E-state index in [4.69, 9.17) is 4.74 Å². The Labute approximate surface area is 108 Å². The third kappa shape index (κ3) is 3.99. The van der Waals surface area contributed by atoms with Crippen LogP contribution in [0.1, 0.15) is 31.4 Å². The lowest BCUT2D eigenvalue weighted by Gasteiger charge is -2.15. The van der Waals surface area contributed by atoms with Gasteiger partial charge >= 0.3 is 5.97 Å². The van der Waals surface area contributed by atoms with Crippen molar-refractivity contribution in [1.82, 2.24) is 0 Å². The van der Waals surface area contributed by atoms with Gasteiger partial charge < -0.3 is 9.53 Å². The molecule has 18 heavy (non-hydrogen) atoms. The van der Waals surface area contributed by atoms with Gasteiger partial charge in [0, 0.05) is 6.42 Å². The molecule has 1 atom stereocenters. The number of carbonyl (C=O) groups excluding carboxylic acids is 2. The number of ether oxygens (including phenoxy) is 1. The number of methoxy groups -OCH3 is 1. The molecule has 3 nitrogen and oxygen atoms in total. The molecule has 0 aromatic heterocycles. The molecule has 0 aliphatic carbocycles. The van der Waals surface area contributed by atoms with Crippen LogP contribution in [0.4, 0.5) is 0 Å². The highest BCUT2D eigenvalue weighted by molar-refractivity contribution is 5.83. The number of hydrogen-bond acceptors (Lipinski definition) is 3. The summed E-state index contributed by atoms with van der Waals surface area (Å²) in [7, 11) is 1.36. The van der Waals surface area contributed by atoms with Crippen LogP contribution in [0.3, 0.4) is 0 Å². The van der Waals surface area contributed by atoms with E-state index in [2.05, 4.69) is 13.0 Å². The first-order valence-electron chi connectivity index (χ1n) is 6.22. The van der Waals surface area contributed by atoms with Gasteiger partial charge in [0.1, 0.15) is 5.78 Å². The summed E-state index contributed by atoms with van der Waals surface area (Å²) in [6, 6.07) is 8.00. The summed E-state index contributed by atoms with van der Waals surface area (Å²) < 4.78 is 4.77.